The van der Waals surface area contributed by atoms with Crippen LogP contribution in [-0.2, 0) is 0 Å². The van der Waals surface area contributed by atoms with Crippen molar-refractivity contribution in [2.24, 2.45) is 0 Å². The first-order valence-corrected chi connectivity index (χ1v) is 7.22. The number of fused-ring (bicyclic) bond motifs is 2. The van der Waals surface area contributed by atoms with Gasteiger partial charge in [0.05, 0.1) is 11.0 Å². The summed E-state index contributed by atoms with van der Waals surface area (Å²) in [5.41, 5.74) is 4.02. The van der Waals surface area contributed by atoms with E-state index in [1.54, 1.807) is 22.8 Å². The Kier molecular flexibility index (Phi) is 2.37. The number of para-hydroxylation sites is 1. The smallest absolute Gasteiger partial charge is 0.254 e. The molecule has 0 spiro atoms. The van der Waals surface area contributed by atoms with E-state index in [1.165, 1.54) is 0 Å². The average Bonchev–Trinajstić information content (AvgIpc) is 2.73. The Morgan fingerprint density at radius 2 is 1.71 bits per heavy atom. The van der Waals surface area contributed by atoms with Crippen LogP contribution >= 0.6 is 11.6 Å². The summed E-state index contributed by atoms with van der Waals surface area (Å²) in [5, 5.41) is 0.403. The number of aromatic nitrogens is 1. The van der Waals surface area contributed by atoms with E-state index in [0.717, 1.165) is 16.7 Å². The molecular weight excluding hydrogens is 286 g/mol. The van der Waals surface area contributed by atoms with Gasteiger partial charge in [0.25, 0.3) is 5.91 Å². The number of halogens is 1. The molecule has 4 rings (SSSR count). The molecule has 0 amide bonds. The van der Waals surface area contributed by atoms with Gasteiger partial charge in [0.2, 0.25) is 0 Å². The van der Waals surface area contributed by atoms with Gasteiger partial charge in [-0.25, -0.2) is 0 Å². The number of pyridine rings is 1. The van der Waals surface area contributed by atoms with Crippen LogP contribution in [0.25, 0.3) is 21.8 Å². The Bertz CT molecular complexity index is 1020. The summed E-state index contributed by atoms with van der Waals surface area (Å²) in [6.07, 6.45) is 0. The molecule has 0 radical (unpaired) electrons. The van der Waals surface area contributed by atoms with Crippen molar-refractivity contribution < 1.29 is 4.79 Å². The maximum Gasteiger partial charge on any atom is 0.254 e. The number of benzene rings is 2. The second-order valence-corrected chi connectivity index (χ2v) is 5.95. The Morgan fingerprint density at radius 3 is 2.48 bits per heavy atom. The third-order valence-corrected chi connectivity index (χ3v) is 4.84. The van der Waals surface area contributed by atoms with Gasteiger partial charge in [0.15, 0.2) is 5.43 Å². The molecular formula is C17H12ClNO2. The van der Waals surface area contributed by atoms with Crippen molar-refractivity contribution in [2.45, 2.75) is 19.2 Å². The molecule has 0 saturated heterocycles. The third kappa shape index (κ3) is 1.39. The van der Waals surface area contributed by atoms with Crippen LogP contribution in [0.5, 0.6) is 0 Å². The van der Waals surface area contributed by atoms with Gasteiger partial charge >= 0.3 is 0 Å². The normalized spacial score (nSPS) is 17.1. The average molecular weight is 298 g/mol. The van der Waals surface area contributed by atoms with Crippen molar-refractivity contribution in [3.05, 3.63) is 57.2 Å². The number of hydrogen-bond donors (Lipinski definition) is 0. The van der Waals surface area contributed by atoms with Crippen molar-refractivity contribution in [3.8, 4) is 0 Å². The van der Waals surface area contributed by atoms with Crippen LogP contribution in [0.1, 0.15) is 26.9 Å². The lowest BCUT2D eigenvalue weighted by Crippen LogP contribution is -2.15. The molecule has 2 heterocycles. The Morgan fingerprint density at radius 1 is 1.00 bits per heavy atom. The number of hydrogen-bond acceptors (Lipinski definition) is 2. The van der Waals surface area contributed by atoms with Crippen molar-refractivity contribution >= 4 is 39.3 Å². The lowest BCUT2D eigenvalue weighted by molar-refractivity contribution is 0.0927. The SMILES string of the molecule is Cc1ccc2c(=O)c3cccc4c3n(c2c1C)C(=O)C4Cl. The minimum Gasteiger partial charge on any atom is -0.288 e. The summed E-state index contributed by atoms with van der Waals surface area (Å²) in [7, 11) is 0. The molecule has 0 bridgehead atoms. The summed E-state index contributed by atoms with van der Waals surface area (Å²) in [4.78, 5) is 25.3. The molecule has 4 heteroatoms. The van der Waals surface area contributed by atoms with E-state index >= 15 is 0 Å². The van der Waals surface area contributed by atoms with Crippen LogP contribution in [0.3, 0.4) is 0 Å². The maximum absolute atomic E-state index is 12.7. The van der Waals surface area contributed by atoms with Gasteiger partial charge in [-0.3, -0.25) is 14.2 Å². The van der Waals surface area contributed by atoms with E-state index in [-0.39, 0.29) is 11.3 Å². The van der Waals surface area contributed by atoms with Crippen LogP contribution in [0.4, 0.5) is 0 Å². The summed E-state index contributed by atoms with van der Waals surface area (Å²) >= 11 is 6.27. The van der Waals surface area contributed by atoms with Crippen LogP contribution in [0.15, 0.2) is 35.1 Å². The molecule has 3 aromatic rings. The van der Waals surface area contributed by atoms with Gasteiger partial charge in [-0.2, -0.15) is 0 Å². The second-order valence-electron chi connectivity index (χ2n) is 5.51. The molecule has 1 atom stereocenters. The molecule has 3 nitrogen and oxygen atoms in total. The summed E-state index contributed by atoms with van der Waals surface area (Å²) in [6, 6.07) is 9.07. The number of aryl methyl sites for hydroxylation is 2. The molecule has 21 heavy (non-hydrogen) atoms. The molecule has 0 fully saturated rings. The summed E-state index contributed by atoms with van der Waals surface area (Å²) in [6.45, 7) is 3.91. The highest BCUT2D eigenvalue weighted by Gasteiger charge is 2.33. The topological polar surface area (TPSA) is 39.1 Å². The molecule has 0 saturated carbocycles. The van der Waals surface area contributed by atoms with Crippen LogP contribution < -0.4 is 5.43 Å². The fourth-order valence-corrected chi connectivity index (χ4v) is 3.47. The fraction of sp³-hybridized carbons (Fsp3) is 0.176. The van der Waals surface area contributed by atoms with E-state index < -0.39 is 5.38 Å². The first-order valence-electron chi connectivity index (χ1n) is 6.78. The largest absolute Gasteiger partial charge is 0.288 e. The van der Waals surface area contributed by atoms with Crippen LogP contribution in [0, 0.1) is 13.8 Å². The van der Waals surface area contributed by atoms with E-state index in [9.17, 15) is 9.59 Å². The second kappa shape index (κ2) is 3.95. The zero-order valence-corrected chi connectivity index (χ0v) is 12.4. The fourth-order valence-electron chi connectivity index (χ4n) is 3.19. The van der Waals surface area contributed by atoms with Gasteiger partial charge in [0, 0.05) is 16.3 Å². The minimum absolute atomic E-state index is 0.0419. The van der Waals surface area contributed by atoms with Crippen LogP contribution in [-0.4, -0.2) is 10.5 Å². The van der Waals surface area contributed by atoms with Crippen molar-refractivity contribution in [2.75, 3.05) is 0 Å². The predicted molar refractivity (Wildman–Crippen MR) is 84.4 cm³/mol. The maximum atomic E-state index is 12.7. The van der Waals surface area contributed by atoms with Crippen LogP contribution in [0.2, 0.25) is 0 Å². The lowest BCUT2D eigenvalue weighted by atomic mass is 10.0. The van der Waals surface area contributed by atoms with Gasteiger partial charge in [-0.05, 0) is 37.1 Å². The Balaban J connectivity index is 2.43. The molecule has 1 unspecified atom stereocenters. The molecule has 0 aliphatic carbocycles. The number of nitrogens with zero attached hydrogens (tertiary/aromatic N) is 1. The third-order valence-electron chi connectivity index (χ3n) is 4.42. The quantitative estimate of drug-likeness (QED) is 0.469. The highest BCUT2D eigenvalue weighted by molar-refractivity contribution is 6.35. The molecule has 2 aromatic carbocycles. The monoisotopic (exact) mass is 297 g/mol. The molecule has 1 aromatic heterocycles. The van der Waals surface area contributed by atoms with Gasteiger partial charge in [0.1, 0.15) is 5.38 Å². The molecule has 1 aliphatic rings. The first kappa shape index (κ1) is 12.6. The van der Waals surface area contributed by atoms with Crippen molar-refractivity contribution in [1.29, 1.82) is 0 Å². The summed E-state index contributed by atoms with van der Waals surface area (Å²) < 4.78 is 1.63. The van der Waals surface area contributed by atoms with Crippen molar-refractivity contribution in [3.63, 3.8) is 0 Å². The zero-order valence-electron chi connectivity index (χ0n) is 11.6. The zero-order chi connectivity index (χ0) is 14.9. The number of carbonyl (C=O) groups excluding carboxylic acids is 1. The summed E-state index contributed by atoms with van der Waals surface area (Å²) in [5.74, 6) is -0.179. The van der Waals surface area contributed by atoms with Gasteiger partial charge < -0.3 is 0 Å². The van der Waals surface area contributed by atoms with Gasteiger partial charge in [-0.1, -0.05) is 18.2 Å². The standard InChI is InChI=1S/C17H12ClNO2/c1-8-6-7-12-14(9(8)2)19-15-10(13(18)17(19)21)4-3-5-11(15)16(12)20/h3-7,13H,1-2H3. The first-order chi connectivity index (χ1) is 10.0. The highest BCUT2D eigenvalue weighted by atomic mass is 35.5. The van der Waals surface area contributed by atoms with E-state index in [1.807, 2.05) is 26.0 Å². The minimum atomic E-state index is -0.724. The number of rotatable bonds is 0. The molecule has 0 N–H and O–H groups in total. The van der Waals surface area contributed by atoms with E-state index in [0.29, 0.717) is 21.8 Å². The molecule has 104 valence electrons. The number of alkyl halides is 1. The Hall–Kier alpha value is -2.13. The predicted octanol–water partition coefficient (Wildman–Crippen LogP) is 3.71. The Labute approximate surface area is 125 Å². The highest BCUT2D eigenvalue weighted by Crippen LogP contribution is 2.38. The molecule has 1 aliphatic heterocycles. The lowest BCUT2D eigenvalue weighted by Gasteiger charge is -2.12. The van der Waals surface area contributed by atoms with Gasteiger partial charge in [-0.15, -0.1) is 11.6 Å². The van der Waals surface area contributed by atoms with Crippen molar-refractivity contribution in [1.82, 2.24) is 4.57 Å². The van der Waals surface area contributed by atoms with E-state index in [4.69, 9.17) is 11.6 Å². The number of carbonyl (C=O) groups is 1. The van der Waals surface area contributed by atoms with E-state index in [2.05, 4.69) is 0 Å².